The van der Waals surface area contributed by atoms with Gasteiger partial charge in [-0.1, -0.05) is 12.1 Å². The zero-order chi connectivity index (χ0) is 14.0. The van der Waals surface area contributed by atoms with Crippen LogP contribution in [0.3, 0.4) is 0 Å². The van der Waals surface area contributed by atoms with Gasteiger partial charge in [-0.25, -0.2) is 4.39 Å². The first kappa shape index (κ1) is 13.9. The van der Waals surface area contributed by atoms with Gasteiger partial charge in [-0.15, -0.1) is 0 Å². The molecule has 0 unspecified atom stereocenters. The molecule has 0 aliphatic carbocycles. The van der Waals surface area contributed by atoms with Gasteiger partial charge >= 0.3 is 0 Å². The van der Waals surface area contributed by atoms with E-state index in [1.54, 1.807) is 6.07 Å². The van der Waals surface area contributed by atoms with Crippen molar-refractivity contribution < 1.29 is 9.13 Å². The number of nitrogen functional groups attached to an aromatic ring is 1. The summed E-state index contributed by atoms with van der Waals surface area (Å²) < 4.78 is 19.6. The van der Waals surface area contributed by atoms with Crippen molar-refractivity contribution in [1.29, 1.82) is 0 Å². The van der Waals surface area contributed by atoms with Crippen LogP contribution in [0.5, 0.6) is 5.75 Å². The third-order valence-corrected chi connectivity index (χ3v) is 3.87. The highest BCUT2D eigenvalue weighted by Crippen LogP contribution is 2.27. The molecule has 0 bridgehead atoms. The monoisotopic (exact) mass is 323 g/mol. The van der Waals surface area contributed by atoms with Crippen LogP contribution in [0.4, 0.5) is 10.1 Å². The molecule has 0 saturated heterocycles. The lowest BCUT2D eigenvalue weighted by Gasteiger charge is -2.12. The fourth-order valence-corrected chi connectivity index (χ4v) is 2.16. The van der Waals surface area contributed by atoms with Crippen molar-refractivity contribution in [3.05, 3.63) is 57.3 Å². The molecule has 0 fully saturated rings. The lowest BCUT2D eigenvalue weighted by molar-refractivity contribution is 0.302. The molecule has 100 valence electrons. The molecule has 2 N–H and O–H groups in total. The van der Waals surface area contributed by atoms with E-state index in [9.17, 15) is 4.39 Å². The maximum absolute atomic E-state index is 13.4. The first-order valence-corrected chi connectivity index (χ1v) is 6.70. The fourth-order valence-electron chi connectivity index (χ4n) is 1.78. The van der Waals surface area contributed by atoms with Crippen LogP contribution >= 0.6 is 15.9 Å². The molecule has 0 heterocycles. The van der Waals surface area contributed by atoms with Gasteiger partial charge in [-0.05, 0) is 59.1 Å². The number of benzene rings is 2. The molecular weight excluding hydrogens is 309 g/mol. The highest BCUT2D eigenvalue weighted by atomic mass is 79.9. The molecule has 2 rings (SSSR count). The van der Waals surface area contributed by atoms with Crippen LogP contribution < -0.4 is 10.5 Å². The van der Waals surface area contributed by atoms with Gasteiger partial charge in [0.05, 0.1) is 4.47 Å². The van der Waals surface area contributed by atoms with E-state index in [1.165, 1.54) is 6.07 Å². The molecule has 0 aromatic heterocycles. The van der Waals surface area contributed by atoms with E-state index in [-0.39, 0.29) is 5.82 Å². The van der Waals surface area contributed by atoms with Gasteiger partial charge in [0.1, 0.15) is 18.2 Å². The quantitative estimate of drug-likeness (QED) is 0.851. The zero-order valence-corrected chi connectivity index (χ0v) is 12.4. The second-order valence-corrected chi connectivity index (χ2v) is 5.27. The van der Waals surface area contributed by atoms with Crippen LogP contribution in [0.15, 0.2) is 34.8 Å². The third kappa shape index (κ3) is 3.07. The van der Waals surface area contributed by atoms with Crippen molar-refractivity contribution >= 4 is 21.6 Å². The van der Waals surface area contributed by atoms with E-state index >= 15 is 0 Å². The molecule has 2 aromatic rings. The van der Waals surface area contributed by atoms with Crippen LogP contribution in [0.1, 0.15) is 16.7 Å². The molecule has 0 amide bonds. The average Bonchev–Trinajstić information content (AvgIpc) is 2.37. The number of aryl methyl sites for hydroxylation is 2. The predicted molar refractivity (Wildman–Crippen MR) is 78.8 cm³/mol. The number of hydrogen-bond acceptors (Lipinski definition) is 2. The molecule has 0 atom stereocenters. The second-order valence-electron chi connectivity index (χ2n) is 4.48. The number of hydrogen-bond donors (Lipinski definition) is 1. The Balaban J connectivity index is 2.19. The Labute approximate surface area is 120 Å². The van der Waals surface area contributed by atoms with E-state index in [4.69, 9.17) is 10.5 Å². The standard InChI is InChI=1S/C15H15BrFNO/c1-9-7-14(10(2)6-13(9)18)19-8-11-4-3-5-12(17)15(11)16/h3-7H,8,18H2,1-2H3. The van der Waals surface area contributed by atoms with Gasteiger partial charge in [0, 0.05) is 11.3 Å². The van der Waals surface area contributed by atoms with Crippen LogP contribution in [-0.4, -0.2) is 0 Å². The minimum Gasteiger partial charge on any atom is -0.489 e. The maximum atomic E-state index is 13.4. The lowest BCUT2D eigenvalue weighted by Crippen LogP contribution is -2.00. The summed E-state index contributed by atoms with van der Waals surface area (Å²) in [5.41, 5.74) is 9.29. The molecule has 0 spiro atoms. The fraction of sp³-hybridized carbons (Fsp3) is 0.200. The molecule has 2 aromatic carbocycles. The van der Waals surface area contributed by atoms with Gasteiger partial charge in [0.15, 0.2) is 0 Å². The molecule has 4 heteroatoms. The van der Waals surface area contributed by atoms with Crippen molar-refractivity contribution in [2.75, 3.05) is 5.73 Å². The van der Waals surface area contributed by atoms with Gasteiger partial charge in [0.25, 0.3) is 0 Å². The molecule has 0 saturated carbocycles. The Bertz CT molecular complexity index is 613. The zero-order valence-electron chi connectivity index (χ0n) is 10.8. The van der Waals surface area contributed by atoms with E-state index in [0.717, 1.165) is 28.1 Å². The minimum atomic E-state index is -0.286. The number of ether oxygens (including phenoxy) is 1. The first-order chi connectivity index (χ1) is 8.99. The first-order valence-electron chi connectivity index (χ1n) is 5.91. The van der Waals surface area contributed by atoms with E-state index in [1.807, 2.05) is 32.0 Å². The van der Waals surface area contributed by atoms with Gasteiger partial charge in [0.2, 0.25) is 0 Å². The number of nitrogens with two attached hydrogens (primary N) is 1. The van der Waals surface area contributed by atoms with Gasteiger partial charge in [-0.2, -0.15) is 0 Å². The maximum Gasteiger partial charge on any atom is 0.137 e. The molecular formula is C15H15BrFNO. The Morgan fingerprint density at radius 2 is 1.95 bits per heavy atom. The molecule has 0 aliphatic rings. The topological polar surface area (TPSA) is 35.2 Å². The summed E-state index contributed by atoms with van der Waals surface area (Å²) in [6, 6.07) is 8.68. The number of rotatable bonds is 3. The largest absolute Gasteiger partial charge is 0.489 e. The number of anilines is 1. The molecule has 0 radical (unpaired) electrons. The summed E-state index contributed by atoms with van der Waals surface area (Å²) in [5.74, 6) is 0.481. The highest BCUT2D eigenvalue weighted by molar-refractivity contribution is 9.10. The smallest absolute Gasteiger partial charge is 0.137 e. The van der Waals surface area contributed by atoms with Crippen molar-refractivity contribution in [2.24, 2.45) is 0 Å². The summed E-state index contributed by atoms with van der Waals surface area (Å²) >= 11 is 3.22. The normalized spacial score (nSPS) is 10.5. The Kier molecular flexibility index (Phi) is 4.10. The summed E-state index contributed by atoms with van der Waals surface area (Å²) in [6.45, 7) is 4.17. The Hall–Kier alpha value is -1.55. The Morgan fingerprint density at radius 3 is 2.68 bits per heavy atom. The average molecular weight is 324 g/mol. The van der Waals surface area contributed by atoms with E-state index < -0.39 is 0 Å². The summed E-state index contributed by atoms with van der Waals surface area (Å²) in [7, 11) is 0. The Morgan fingerprint density at radius 1 is 1.21 bits per heavy atom. The highest BCUT2D eigenvalue weighted by Gasteiger charge is 2.08. The van der Waals surface area contributed by atoms with Gasteiger partial charge in [-0.3, -0.25) is 0 Å². The summed E-state index contributed by atoms with van der Waals surface area (Å²) in [4.78, 5) is 0. The third-order valence-electron chi connectivity index (χ3n) is 2.98. The number of halogens is 2. The van der Waals surface area contributed by atoms with Crippen LogP contribution in [0, 0.1) is 19.7 Å². The van der Waals surface area contributed by atoms with Crippen molar-refractivity contribution in [1.82, 2.24) is 0 Å². The van der Waals surface area contributed by atoms with Gasteiger partial charge < -0.3 is 10.5 Å². The van der Waals surface area contributed by atoms with E-state index in [2.05, 4.69) is 15.9 Å². The summed E-state index contributed by atoms with van der Waals surface area (Å²) in [6.07, 6.45) is 0. The van der Waals surface area contributed by atoms with Crippen molar-refractivity contribution in [3.8, 4) is 5.75 Å². The van der Waals surface area contributed by atoms with Crippen LogP contribution in [-0.2, 0) is 6.61 Å². The lowest BCUT2D eigenvalue weighted by atomic mass is 10.1. The van der Waals surface area contributed by atoms with Crippen LogP contribution in [0.25, 0.3) is 0 Å². The summed E-state index contributed by atoms with van der Waals surface area (Å²) in [5, 5.41) is 0. The molecule has 2 nitrogen and oxygen atoms in total. The van der Waals surface area contributed by atoms with Crippen molar-refractivity contribution in [3.63, 3.8) is 0 Å². The van der Waals surface area contributed by atoms with Crippen molar-refractivity contribution in [2.45, 2.75) is 20.5 Å². The van der Waals surface area contributed by atoms with Crippen LogP contribution in [0.2, 0.25) is 0 Å². The predicted octanol–water partition coefficient (Wildman–Crippen LogP) is 4.37. The molecule has 19 heavy (non-hydrogen) atoms. The SMILES string of the molecule is Cc1cc(OCc2cccc(F)c2Br)c(C)cc1N. The molecule has 0 aliphatic heterocycles. The second kappa shape index (κ2) is 5.61. The van der Waals surface area contributed by atoms with E-state index in [0.29, 0.717) is 11.1 Å². The minimum absolute atomic E-state index is 0.286.